The summed E-state index contributed by atoms with van der Waals surface area (Å²) in [5.74, 6) is 0.407. The highest BCUT2D eigenvalue weighted by Gasteiger charge is 2.20. The van der Waals surface area contributed by atoms with Gasteiger partial charge in [-0.15, -0.1) is 0 Å². The summed E-state index contributed by atoms with van der Waals surface area (Å²) in [7, 11) is 0. The zero-order valence-electron chi connectivity index (χ0n) is 9.05. The van der Waals surface area contributed by atoms with Crippen LogP contribution < -0.4 is 10.5 Å². The van der Waals surface area contributed by atoms with E-state index in [1.807, 2.05) is 34.6 Å². The standard InChI is InChI=1S/C9H20N2O2/c1-7(2)6-10-11(8(12)13)9(3,4)5/h7,10H,6H2,1-5H3,(H,12,13)/p-1. The number of carboxylic acid groups (broad SMARTS) is 1. The van der Waals surface area contributed by atoms with E-state index in [-0.39, 0.29) is 0 Å². The molecule has 0 unspecified atom stereocenters. The van der Waals surface area contributed by atoms with Crippen molar-refractivity contribution in [2.45, 2.75) is 40.2 Å². The van der Waals surface area contributed by atoms with Gasteiger partial charge in [-0.25, -0.2) is 5.43 Å². The van der Waals surface area contributed by atoms with Crippen LogP contribution in [-0.4, -0.2) is 23.2 Å². The second kappa shape index (κ2) is 4.46. The Labute approximate surface area is 79.9 Å². The number of carbonyl (C=O) groups is 1. The molecule has 0 radical (unpaired) electrons. The number of nitrogens with zero attached hydrogens (tertiary/aromatic N) is 1. The van der Waals surface area contributed by atoms with Crippen molar-refractivity contribution < 1.29 is 9.90 Å². The molecule has 0 rings (SSSR count). The van der Waals surface area contributed by atoms with Gasteiger partial charge in [-0.3, -0.25) is 5.01 Å². The molecule has 0 heterocycles. The lowest BCUT2D eigenvalue weighted by molar-refractivity contribution is -0.275. The van der Waals surface area contributed by atoms with Gasteiger partial charge < -0.3 is 9.90 Å². The van der Waals surface area contributed by atoms with Crippen molar-refractivity contribution in [1.29, 1.82) is 0 Å². The molecule has 1 amide bonds. The first-order valence-corrected chi connectivity index (χ1v) is 4.50. The normalized spacial score (nSPS) is 11.8. The third kappa shape index (κ3) is 4.72. The summed E-state index contributed by atoms with van der Waals surface area (Å²) in [4.78, 5) is 10.7. The summed E-state index contributed by atoms with van der Waals surface area (Å²) in [5, 5.41) is 11.8. The van der Waals surface area contributed by atoms with E-state index in [1.165, 1.54) is 0 Å². The molecule has 4 nitrogen and oxygen atoms in total. The molecule has 0 aliphatic carbocycles. The third-order valence-corrected chi connectivity index (χ3v) is 1.51. The molecule has 78 valence electrons. The second-order valence-electron chi connectivity index (χ2n) is 4.53. The predicted molar refractivity (Wildman–Crippen MR) is 49.8 cm³/mol. The van der Waals surface area contributed by atoms with Crippen molar-refractivity contribution in [3.05, 3.63) is 0 Å². The minimum absolute atomic E-state index is 0.407. The van der Waals surface area contributed by atoms with Gasteiger partial charge in [0.15, 0.2) is 6.09 Å². The Morgan fingerprint density at radius 3 is 2.15 bits per heavy atom. The molecule has 0 aromatic carbocycles. The van der Waals surface area contributed by atoms with Gasteiger partial charge >= 0.3 is 0 Å². The van der Waals surface area contributed by atoms with Crippen LogP contribution in [0.1, 0.15) is 34.6 Å². The van der Waals surface area contributed by atoms with E-state index in [9.17, 15) is 9.90 Å². The van der Waals surface area contributed by atoms with E-state index in [1.54, 1.807) is 0 Å². The highest BCUT2D eigenvalue weighted by molar-refractivity contribution is 5.62. The number of amides is 1. The van der Waals surface area contributed by atoms with Gasteiger partial charge in [0.05, 0.1) is 0 Å². The lowest BCUT2D eigenvalue weighted by Gasteiger charge is -2.38. The highest BCUT2D eigenvalue weighted by atomic mass is 16.4. The van der Waals surface area contributed by atoms with Gasteiger partial charge in [-0.05, 0) is 26.7 Å². The van der Waals surface area contributed by atoms with Crippen LogP contribution >= 0.6 is 0 Å². The summed E-state index contributed by atoms with van der Waals surface area (Å²) in [5.41, 5.74) is 2.37. The Kier molecular flexibility index (Phi) is 4.20. The van der Waals surface area contributed by atoms with Gasteiger partial charge in [-0.2, -0.15) is 0 Å². The quantitative estimate of drug-likeness (QED) is 0.658. The Bertz CT molecular complexity index is 173. The van der Waals surface area contributed by atoms with Gasteiger partial charge in [0, 0.05) is 12.1 Å². The monoisotopic (exact) mass is 187 g/mol. The van der Waals surface area contributed by atoms with E-state index < -0.39 is 11.6 Å². The average Bonchev–Trinajstić information content (AvgIpc) is 1.81. The first kappa shape index (κ1) is 12.2. The Hall–Kier alpha value is -0.770. The number of hydrazine groups is 1. The maximum atomic E-state index is 10.7. The first-order chi connectivity index (χ1) is 5.75. The molecule has 0 aromatic heterocycles. The fourth-order valence-electron chi connectivity index (χ4n) is 0.849. The molecule has 4 heteroatoms. The fraction of sp³-hybridized carbons (Fsp3) is 0.889. The first-order valence-electron chi connectivity index (χ1n) is 4.50. The molecule has 0 aliphatic rings. The van der Waals surface area contributed by atoms with Crippen LogP contribution in [0.15, 0.2) is 0 Å². The lowest BCUT2D eigenvalue weighted by Crippen LogP contribution is -2.59. The van der Waals surface area contributed by atoms with Crippen LogP contribution in [0.3, 0.4) is 0 Å². The van der Waals surface area contributed by atoms with Crippen molar-refractivity contribution in [2.75, 3.05) is 6.54 Å². The molecule has 13 heavy (non-hydrogen) atoms. The molecule has 0 aliphatic heterocycles. The highest BCUT2D eigenvalue weighted by Crippen LogP contribution is 2.09. The predicted octanol–water partition coefficient (Wildman–Crippen LogP) is 0.591. The van der Waals surface area contributed by atoms with E-state index >= 15 is 0 Å². The minimum Gasteiger partial charge on any atom is -0.529 e. The largest absolute Gasteiger partial charge is 0.529 e. The molecule has 0 bridgehead atoms. The zero-order valence-corrected chi connectivity index (χ0v) is 9.05. The summed E-state index contributed by atoms with van der Waals surface area (Å²) in [6.45, 7) is 10.1. The molecule has 0 atom stereocenters. The van der Waals surface area contributed by atoms with Gasteiger partial charge in [0.25, 0.3) is 0 Å². The Morgan fingerprint density at radius 1 is 1.46 bits per heavy atom. The van der Waals surface area contributed by atoms with Crippen LogP contribution in [0.25, 0.3) is 0 Å². The zero-order chi connectivity index (χ0) is 10.6. The number of nitrogens with one attached hydrogen (secondary N) is 1. The summed E-state index contributed by atoms with van der Waals surface area (Å²) < 4.78 is 0. The van der Waals surface area contributed by atoms with Gasteiger partial charge in [-0.1, -0.05) is 13.8 Å². The minimum atomic E-state index is -1.19. The summed E-state index contributed by atoms with van der Waals surface area (Å²) >= 11 is 0. The Morgan fingerprint density at radius 2 is 1.92 bits per heavy atom. The van der Waals surface area contributed by atoms with E-state index in [0.29, 0.717) is 12.5 Å². The number of hydrogen-bond acceptors (Lipinski definition) is 3. The van der Waals surface area contributed by atoms with Crippen molar-refractivity contribution in [1.82, 2.24) is 10.4 Å². The molecule has 0 saturated carbocycles. The van der Waals surface area contributed by atoms with Crippen molar-refractivity contribution in [2.24, 2.45) is 5.92 Å². The third-order valence-electron chi connectivity index (χ3n) is 1.51. The van der Waals surface area contributed by atoms with Crippen LogP contribution in [0, 0.1) is 5.92 Å². The number of rotatable bonds is 3. The lowest BCUT2D eigenvalue weighted by atomic mass is 10.1. The van der Waals surface area contributed by atoms with E-state index in [0.717, 1.165) is 5.01 Å². The maximum Gasteiger partial charge on any atom is 0.152 e. The smallest absolute Gasteiger partial charge is 0.152 e. The van der Waals surface area contributed by atoms with Gasteiger partial charge in [0.2, 0.25) is 0 Å². The maximum absolute atomic E-state index is 10.7. The molecular formula is C9H19N2O2-. The molecular weight excluding hydrogens is 168 g/mol. The second-order valence-corrected chi connectivity index (χ2v) is 4.53. The van der Waals surface area contributed by atoms with Gasteiger partial charge in [0.1, 0.15) is 0 Å². The van der Waals surface area contributed by atoms with E-state index in [2.05, 4.69) is 5.43 Å². The molecule has 0 aromatic rings. The Balaban J connectivity index is 4.20. The van der Waals surface area contributed by atoms with Crippen molar-refractivity contribution in [3.63, 3.8) is 0 Å². The van der Waals surface area contributed by atoms with Crippen molar-refractivity contribution in [3.8, 4) is 0 Å². The topological polar surface area (TPSA) is 55.4 Å². The van der Waals surface area contributed by atoms with Crippen LogP contribution in [0.2, 0.25) is 0 Å². The van der Waals surface area contributed by atoms with E-state index in [4.69, 9.17) is 0 Å². The molecule has 0 fully saturated rings. The SMILES string of the molecule is CC(C)CNN(C(=O)[O-])C(C)(C)C. The summed E-state index contributed by atoms with van der Waals surface area (Å²) in [6.07, 6.45) is -1.19. The summed E-state index contributed by atoms with van der Waals surface area (Å²) in [6, 6.07) is 0. The number of hydrogen-bond donors (Lipinski definition) is 1. The molecule has 1 N–H and O–H groups in total. The van der Waals surface area contributed by atoms with Crippen molar-refractivity contribution >= 4 is 6.09 Å². The fourth-order valence-corrected chi connectivity index (χ4v) is 0.849. The molecule has 0 spiro atoms. The van der Waals surface area contributed by atoms with Crippen LogP contribution in [-0.2, 0) is 0 Å². The molecule has 0 saturated heterocycles. The average molecular weight is 187 g/mol. The van der Waals surface area contributed by atoms with Crippen LogP contribution in [0.4, 0.5) is 4.79 Å². The number of carbonyl (C=O) groups excluding carboxylic acids is 1. The van der Waals surface area contributed by atoms with Crippen LogP contribution in [0.5, 0.6) is 0 Å².